The highest BCUT2D eigenvalue weighted by Crippen LogP contribution is 2.51. The zero-order chi connectivity index (χ0) is 22.3. The number of ether oxygens (including phenoxy) is 1. The van der Waals surface area contributed by atoms with Crippen LogP contribution in [0.4, 0.5) is 10.5 Å². The lowest BCUT2D eigenvalue weighted by molar-refractivity contribution is -0.385. The van der Waals surface area contributed by atoms with Crippen molar-refractivity contribution in [1.82, 2.24) is 10.3 Å². The van der Waals surface area contributed by atoms with E-state index in [4.69, 9.17) is 16.3 Å². The number of rotatable bonds is 4. The maximum atomic E-state index is 12.4. The summed E-state index contributed by atoms with van der Waals surface area (Å²) >= 11 is 6.17. The van der Waals surface area contributed by atoms with Crippen molar-refractivity contribution < 1.29 is 19.6 Å². The SMILES string of the molecule is CC1(O)CC(OC(=O)NC(C)(C)C)(c2ccc(-c3ncc([N+](=O)[O-])cc3Cl)cc2)C1. The number of nitrogens with zero attached hydrogens (tertiary/aromatic N) is 2. The molecule has 1 amide bonds. The molecular weight excluding hydrogens is 410 g/mol. The van der Waals surface area contributed by atoms with Crippen molar-refractivity contribution in [2.24, 2.45) is 0 Å². The van der Waals surface area contributed by atoms with Crippen LogP contribution in [0.1, 0.15) is 46.1 Å². The number of amides is 1. The lowest BCUT2D eigenvalue weighted by Crippen LogP contribution is -2.57. The van der Waals surface area contributed by atoms with Crippen LogP contribution in [0.15, 0.2) is 36.5 Å². The lowest BCUT2D eigenvalue weighted by Gasteiger charge is -2.51. The first-order valence-corrected chi connectivity index (χ1v) is 9.83. The van der Waals surface area contributed by atoms with Crippen molar-refractivity contribution in [1.29, 1.82) is 0 Å². The summed E-state index contributed by atoms with van der Waals surface area (Å²) in [6.07, 6.45) is 1.14. The molecule has 2 N–H and O–H groups in total. The van der Waals surface area contributed by atoms with Crippen molar-refractivity contribution in [3.63, 3.8) is 0 Å². The van der Waals surface area contributed by atoms with Gasteiger partial charge < -0.3 is 15.2 Å². The van der Waals surface area contributed by atoms with Gasteiger partial charge in [0.25, 0.3) is 5.69 Å². The third kappa shape index (κ3) is 4.71. The first-order valence-electron chi connectivity index (χ1n) is 9.45. The molecule has 0 aliphatic heterocycles. The van der Waals surface area contributed by atoms with Crippen molar-refractivity contribution in [2.75, 3.05) is 0 Å². The number of pyridine rings is 1. The summed E-state index contributed by atoms with van der Waals surface area (Å²) in [4.78, 5) is 26.8. The van der Waals surface area contributed by atoms with Gasteiger partial charge in [-0.15, -0.1) is 0 Å². The van der Waals surface area contributed by atoms with E-state index in [0.29, 0.717) is 11.3 Å². The largest absolute Gasteiger partial charge is 0.438 e. The van der Waals surface area contributed by atoms with Crippen LogP contribution in [0.25, 0.3) is 11.3 Å². The highest BCUT2D eigenvalue weighted by atomic mass is 35.5. The molecule has 1 aliphatic rings. The molecule has 160 valence electrons. The van der Waals surface area contributed by atoms with E-state index >= 15 is 0 Å². The minimum Gasteiger partial charge on any atom is -0.438 e. The summed E-state index contributed by atoms with van der Waals surface area (Å²) in [6.45, 7) is 7.26. The van der Waals surface area contributed by atoms with E-state index in [9.17, 15) is 20.0 Å². The van der Waals surface area contributed by atoms with Gasteiger partial charge in [0.05, 0.1) is 21.2 Å². The molecule has 0 unspecified atom stereocenters. The van der Waals surface area contributed by atoms with Crippen LogP contribution >= 0.6 is 11.6 Å². The van der Waals surface area contributed by atoms with Crippen molar-refractivity contribution in [3.05, 3.63) is 57.2 Å². The topological polar surface area (TPSA) is 115 Å². The van der Waals surface area contributed by atoms with Gasteiger partial charge in [-0.05, 0) is 33.3 Å². The number of nitro groups is 1. The number of aromatic nitrogens is 1. The summed E-state index contributed by atoms with van der Waals surface area (Å²) in [5.74, 6) is 0. The molecule has 1 aromatic carbocycles. The van der Waals surface area contributed by atoms with Gasteiger partial charge in [0.15, 0.2) is 0 Å². The fourth-order valence-electron chi connectivity index (χ4n) is 3.69. The van der Waals surface area contributed by atoms with E-state index in [0.717, 1.165) is 11.8 Å². The van der Waals surface area contributed by atoms with Crippen LogP contribution in [0.2, 0.25) is 5.02 Å². The minimum atomic E-state index is -0.940. The third-order valence-electron chi connectivity index (χ3n) is 4.82. The second-order valence-electron chi connectivity index (χ2n) is 8.97. The second-order valence-corrected chi connectivity index (χ2v) is 9.37. The summed E-state index contributed by atoms with van der Waals surface area (Å²) in [6, 6.07) is 8.34. The zero-order valence-corrected chi connectivity index (χ0v) is 18.0. The van der Waals surface area contributed by atoms with Crippen LogP contribution in [0.3, 0.4) is 0 Å². The van der Waals surface area contributed by atoms with Gasteiger partial charge in [0.1, 0.15) is 11.8 Å². The average molecular weight is 434 g/mol. The van der Waals surface area contributed by atoms with Crippen molar-refractivity contribution in [3.8, 4) is 11.3 Å². The van der Waals surface area contributed by atoms with Gasteiger partial charge >= 0.3 is 6.09 Å². The second kappa shape index (κ2) is 7.52. The normalized spacial score (nSPS) is 23.4. The van der Waals surface area contributed by atoms with Crippen LogP contribution < -0.4 is 5.32 Å². The molecule has 1 fully saturated rings. The van der Waals surface area contributed by atoms with Crippen LogP contribution in [0, 0.1) is 10.1 Å². The molecule has 9 heteroatoms. The molecule has 0 saturated heterocycles. The van der Waals surface area contributed by atoms with Gasteiger partial charge in [0, 0.05) is 30.0 Å². The highest BCUT2D eigenvalue weighted by Gasteiger charge is 2.55. The smallest absolute Gasteiger partial charge is 0.408 e. The maximum absolute atomic E-state index is 12.4. The summed E-state index contributed by atoms with van der Waals surface area (Å²) < 4.78 is 5.76. The third-order valence-corrected chi connectivity index (χ3v) is 5.11. The first-order chi connectivity index (χ1) is 13.8. The van der Waals surface area contributed by atoms with E-state index in [-0.39, 0.29) is 23.6 Å². The maximum Gasteiger partial charge on any atom is 0.408 e. The number of nitrogens with one attached hydrogen (secondary N) is 1. The van der Waals surface area contributed by atoms with Crippen LogP contribution in [-0.4, -0.2) is 32.2 Å². The van der Waals surface area contributed by atoms with E-state index < -0.39 is 27.8 Å². The number of carbonyl (C=O) groups is 1. The predicted molar refractivity (Wildman–Crippen MR) is 112 cm³/mol. The Balaban J connectivity index is 1.87. The molecule has 8 nitrogen and oxygen atoms in total. The Labute approximate surface area is 179 Å². The van der Waals surface area contributed by atoms with Gasteiger partial charge in [0.2, 0.25) is 0 Å². The molecular formula is C21H24ClN3O5. The van der Waals surface area contributed by atoms with Gasteiger partial charge in [-0.3, -0.25) is 10.1 Å². The molecule has 1 heterocycles. The van der Waals surface area contributed by atoms with Gasteiger partial charge in [-0.25, -0.2) is 9.78 Å². The quantitative estimate of drug-likeness (QED) is 0.539. The number of benzene rings is 1. The molecule has 3 rings (SSSR count). The summed E-state index contributed by atoms with van der Waals surface area (Å²) in [7, 11) is 0. The number of carbonyl (C=O) groups excluding carboxylic acids is 1. The van der Waals surface area contributed by atoms with Crippen LogP contribution in [0.5, 0.6) is 0 Å². The van der Waals surface area contributed by atoms with E-state index in [2.05, 4.69) is 10.3 Å². The van der Waals surface area contributed by atoms with E-state index in [1.165, 1.54) is 6.07 Å². The highest BCUT2D eigenvalue weighted by molar-refractivity contribution is 6.33. The van der Waals surface area contributed by atoms with Gasteiger partial charge in [-0.2, -0.15) is 0 Å². The molecule has 1 saturated carbocycles. The standard InChI is InChI=1S/C21H24ClN3O5/c1-19(2,3)24-18(26)30-21(11-20(4,27)12-21)14-7-5-13(6-8-14)17-16(22)9-15(10-23-17)25(28)29/h5-10,27H,11-12H2,1-4H3,(H,24,26). The molecule has 30 heavy (non-hydrogen) atoms. The minimum absolute atomic E-state index is 0.166. The summed E-state index contributed by atoms with van der Waals surface area (Å²) in [5, 5.41) is 24.1. The van der Waals surface area contributed by atoms with Crippen LogP contribution in [-0.2, 0) is 10.3 Å². The monoisotopic (exact) mass is 433 g/mol. The Kier molecular flexibility index (Phi) is 5.51. The van der Waals surface area contributed by atoms with Crippen molar-refractivity contribution >= 4 is 23.4 Å². The average Bonchev–Trinajstić information content (AvgIpc) is 2.58. The number of alkyl carbamates (subject to hydrolysis) is 1. The zero-order valence-electron chi connectivity index (χ0n) is 17.2. The Morgan fingerprint density at radius 2 is 1.90 bits per heavy atom. The Bertz CT molecular complexity index is 975. The Hall–Kier alpha value is -2.71. The molecule has 1 aromatic heterocycles. The predicted octanol–water partition coefficient (Wildman–Crippen LogP) is 4.58. The van der Waals surface area contributed by atoms with Crippen molar-refractivity contribution in [2.45, 2.75) is 57.3 Å². The van der Waals surface area contributed by atoms with E-state index in [1.54, 1.807) is 31.2 Å². The van der Waals surface area contributed by atoms with E-state index in [1.807, 2.05) is 20.8 Å². The molecule has 0 spiro atoms. The molecule has 1 aliphatic carbocycles. The Morgan fingerprint density at radius 3 is 2.37 bits per heavy atom. The molecule has 0 radical (unpaired) electrons. The fourth-order valence-corrected chi connectivity index (χ4v) is 3.96. The first kappa shape index (κ1) is 22.0. The molecule has 2 aromatic rings. The van der Waals surface area contributed by atoms with Gasteiger partial charge in [-0.1, -0.05) is 35.9 Å². The number of halogens is 1. The number of hydrogen-bond donors (Lipinski definition) is 2. The lowest BCUT2D eigenvalue weighted by atomic mass is 9.65. The molecule has 0 atom stereocenters. The number of hydrogen-bond acceptors (Lipinski definition) is 6. The summed E-state index contributed by atoms with van der Waals surface area (Å²) in [5.41, 5.74) is -0.691. The number of aliphatic hydroxyl groups is 1. The fraction of sp³-hybridized carbons (Fsp3) is 0.429. The Morgan fingerprint density at radius 1 is 1.30 bits per heavy atom. The molecule has 0 bridgehead atoms.